The minimum Gasteiger partial charge on any atom is -0.469 e. The third-order valence-electron chi connectivity index (χ3n) is 4.75. The first kappa shape index (κ1) is 20.3. The number of methoxy groups -OCH3 is 1. The zero-order valence-corrected chi connectivity index (χ0v) is 16.8. The summed E-state index contributed by atoms with van der Waals surface area (Å²) in [6.07, 6.45) is 7.12. The van der Waals surface area contributed by atoms with E-state index in [2.05, 4.69) is 6.08 Å². The molecule has 0 spiro atoms. The van der Waals surface area contributed by atoms with Crippen LogP contribution in [0.25, 0.3) is 6.08 Å². The lowest BCUT2D eigenvalue weighted by Crippen LogP contribution is -2.09. The molecule has 2 aromatic carbocycles. The molecule has 4 nitrogen and oxygen atoms in total. The Balaban J connectivity index is 1.61. The summed E-state index contributed by atoms with van der Waals surface area (Å²) in [6.45, 7) is 2.73. The molecular formula is C25H25NO3. The van der Waals surface area contributed by atoms with E-state index in [-0.39, 0.29) is 18.2 Å². The Morgan fingerprint density at radius 1 is 1.03 bits per heavy atom. The third kappa shape index (κ3) is 5.55. The smallest absolute Gasteiger partial charge is 0.309 e. The van der Waals surface area contributed by atoms with Crippen LogP contribution in [0.5, 0.6) is 0 Å². The van der Waals surface area contributed by atoms with Gasteiger partial charge in [-0.25, -0.2) is 0 Å². The van der Waals surface area contributed by atoms with Gasteiger partial charge in [0.25, 0.3) is 0 Å². The van der Waals surface area contributed by atoms with E-state index in [1.54, 1.807) is 0 Å². The Kier molecular flexibility index (Phi) is 6.80. The molecule has 3 rings (SSSR count). The van der Waals surface area contributed by atoms with Gasteiger partial charge in [-0.3, -0.25) is 9.59 Å². The topological polar surface area (TPSA) is 48.3 Å². The van der Waals surface area contributed by atoms with Crippen LogP contribution < -0.4 is 0 Å². The highest BCUT2D eigenvalue weighted by Gasteiger charge is 2.12. The Morgan fingerprint density at radius 3 is 2.59 bits per heavy atom. The fourth-order valence-corrected chi connectivity index (χ4v) is 3.15. The van der Waals surface area contributed by atoms with Gasteiger partial charge in [0.05, 0.1) is 19.2 Å². The lowest BCUT2D eigenvalue weighted by Gasteiger charge is -2.07. The summed E-state index contributed by atoms with van der Waals surface area (Å²) in [5.41, 5.74) is 4.50. The standard InChI is InChI=1S/C25H25NO3/c1-19-11-13-22(14-12-19)25(28)23-10-6-16-26(23)15-4-3-7-20-8-5-9-21(17-20)18-24(27)29-2/h3,5-14,16-17H,4,15,18H2,1-2H3/b7-3+. The predicted octanol–water partition coefficient (Wildman–Crippen LogP) is 4.85. The number of rotatable bonds is 8. The first-order valence-corrected chi connectivity index (χ1v) is 9.65. The molecule has 0 radical (unpaired) electrons. The lowest BCUT2D eigenvalue weighted by atomic mass is 10.1. The molecule has 0 aliphatic heterocycles. The molecule has 1 aromatic heterocycles. The number of hydrogen-bond acceptors (Lipinski definition) is 3. The molecule has 0 bridgehead atoms. The van der Waals surface area contributed by atoms with Gasteiger partial charge in [0.2, 0.25) is 5.78 Å². The zero-order chi connectivity index (χ0) is 20.6. The number of aromatic nitrogens is 1. The first-order chi connectivity index (χ1) is 14.1. The van der Waals surface area contributed by atoms with E-state index in [9.17, 15) is 9.59 Å². The highest BCUT2D eigenvalue weighted by molar-refractivity contribution is 6.08. The summed E-state index contributed by atoms with van der Waals surface area (Å²) in [5.74, 6) is -0.209. The molecule has 3 aromatic rings. The maximum absolute atomic E-state index is 12.8. The summed E-state index contributed by atoms with van der Waals surface area (Å²) >= 11 is 0. The maximum atomic E-state index is 12.8. The van der Waals surface area contributed by atoms with E-state index in [0.717, 1.165) is 29.7 Å². The second-order valence-electron chi connectivity index (χ2n) is 6.97. The molecule has 0 saturated heterocycles. The molecule has 0 atom stereocenters. The van der Waals surface area contributed by atoms with Gasteiger partial charge < -0.3 is 9.30 Å². The van der Waals surface area contributed by atoms with Gasteiger partial charge in [-0.15, -0.1) is 0 Å². The average Bonchev–Trinajstić information content (AvgIpc) is 3.20. The predicted molar refractivity (Wildman–Crippen MR) is 115 cm³/mol. The van der Waals surface area contributed by atoms with Gasteiger partial charge >= 0.3 is 5.97 Å². The number of nitrogens with zero attached hydrogens (tertiary/aromatic N) is 1. The largest absolute Gasteiger partial charge is 0.469 e. The number of hydrogen-bond donors (Lipinski definition) is 0. The minimum atomic E-state index is -0.246. The second-order valence-corrected chi connectivity index (χ2v) is 6.97. The molecule has 0 saturated carbocycles. The summed E-state index contributed by atoms with van der Waals surface area (Å²) in [6, 6.07) is 19.2. The Morgan fingerprint density at radius 2 is 1.83 bits per heavy atom. The van der Waals surface area contributed by atoms with E-state index in [4.69, 9.17) is 4.74 Å². The van der Waals surface area contributed by atoms with Crippen molar-refractivity contribution in [2.75, 3.05) is 7.11 Å². The van der Waals surface area contributed by atoms with Crippen molar-refractivity contribution in [3.63, 3.8) is 0 Å². The third-order valence-corrected chi connectivity index (χ3v) is 4.75. The van der Waals surface area contributed by atoms with Crippen molar-refractivity contribution in [3.8, 4) is 0 Å². The number of esters is 1. The summed E-state index contributed by atoms with van der Waals surface area (Å²) in [4.78, 5) is 24.2. The second kappa shape index (κ2) is 9.69. The zero-order valence-electron chi connectivity index (χ0n) is 16.8. The number of aryl methyl sites for hydroxylation is 2. The molecule has 29 heavy (non-hydrogen) atoms. The Hall–Kier alpha value is -3.40. The highest BCUT2D eigenvalue weighted by atomic mass is 16.5. The number of benzene rings is 2. The van der Waals surface area contributed by atoms with Gasteiger partial charge in [-0.1, -0.05) is 66.2 Å². The van der Waals surface area contributed by atoms with Crippen molar-refractivity contribution in [3.05, 3.63) is 101 Å². The molecule has 0 N–H and O–H groups in total. The van der Waals surface area contributed by atoms with E-state index in [1.807, 2.05) is 84.4 Å². The van der Waals surface area contributed by atoms with Crippen LogP contribution in [-0.4, -0.2) is 23.4 Å². The van der Waals surface area contributed by atoms with Crippen molar-refractivity contribution in [2.24, 2.45) is 0 Å². The van der Waals surface area contributed by atoms with Gasteiger partial charge in [-0.2, -0.15) is 0 Å². The maximum Gasteiger partial charge on any atom is 0.309 e. The van der Waals surface area contributed by atoms with Crippen LogP contribution in [0.15, 0.2) is 72.9 Å². The van der Waals surface area contributed by atoms with Crippen LogP contribution in [0.3, 0.4) is 0 Å². The number of carbonyl (C=O) groups excluding carboxylic acids is 2. The fourth-order valence-electron chi connectivity index (χ4n) is 3.15. The highest BCUT2D eigenvalue weighted by Crippen LogP contribution is 2.14. The summed E-state index contributed by atoms with van der Waals surface area (Å²) in [7, 11) is 1.39. The fraction of sp³-hybridized carbons (Fsp3) is 0.200. The van der Waals surface area contributed by atoms with Crippen LogP contribution in [-0.2, 0) is 22.5 Å². The number of carbonyl (C=O) groups is 2. The van der Waals surface area contributed by atoms with Crippen LogP contribution in [0.4, 0.5) is 0 Å². The average molecular weight is 387 g/mol. The Labute approximate surface area is 171 Å². The molecule has 0 aliphatic carbocycles. The summed E-state index contributed by atoms with van der Waals surface area (Å²) < 4.78 is 6.70. The molecule has 0 unspecified atom stereocenters. The van der Waals surface area contributed by atoms with Crippen LogP contribution in [0.1, 0.15) is 39.2 Å². The van der Waals surface area contributed by atoms with Gasteiger partial charge in [0.1, 0.15) is 0 Å². The molecular weight excluding hydrogens is 362 g/mol. The molecule has 148 valence electrons. The lowest BCUT2D eigenvalue weighted by molar-refractivity contribution is -0.139. The normalized spacial score (nSPS) is 11.0. The van der Waals surface area contributed by atoms with Crippen LogP contribution in [0, 0.1) is 6.92 Å². The molecule has 0 aliphatic rings. The van der Waals surface area contributed by atoms with E-state index in [1.165, 1.54) is 7.11 Å². The van der Waals surface area contributed by atoms with E-state index < -0.39 is 0 Å². The Bertz CT molecular complexity index is 1010. The van der Waals surface area contributed by atoms with Crippen molar-refractivity contribution < 1.29 is 14.3 Å². The first-order valence-electron chi connectivity index (χ1n) is 9.65. The SMILES string of the molecule is COC(=O)Cc1cccc(/C=C/CCn2cccc2C(=O)c2ccc(C)cc2)c1. The van der Waals surface area contributed by atoms with Gasteiger partial charge in [0, 0.05) is 18.3 Å². The van der Waals surface area contributed by atoms with E-state index in [0.29, 0.717) is 11.3 Å². The van der Waals surface area contributed by atoms with Crippen molar-refractivity contribution in [1.82, 2.24) is 4.57 Å². The van der Waals surface area contributed by atoms with Crippen LogP contribution in [0.2, 0.25) is 0 Å². The van der Waals surface area contributed by atoms with Crippen molar-refractivity contribution in [2.45, 2.75) is 26.3 Å². The van der Waals surface area contributed by atoms with Crippen molar-refractivity contribution in [1.29, 1.82) is 0 Å². The van der Waals surface area contributed by atoms with Gasteiger partial charge in [-0.05, 0) is 36.6 Å². The molecule has 0 fully saturated rings. The molecule has 0 amide bonds. The number of ether oxygens (including phenoxy) is 1. The number of allylic oxidation sites excluding steroid dienone is 1. The minimum absolute atomic E-state index is 0.0366. The van der Waals surface area contributed by atoms with Gasteiger partial charge in [0.15, 0.2) is 0 Å². The van der Waals surface area contributed by atoms with Crippen molar-refractivity contribution >= 4 is 17.8 Å². The molecule has 4 heteroatoms. The quantitative estimate of drug-likeness (QED) is 0.410. The monoisotopic (exact) mass is 387 g/mol. The molecule has 1 heterocycles. The van der Waals surface area contributed by atoms with E-state index >= 15 is 0 Å². The number of ketones is 1. The summed E-state index contributed by atoms with van der Waals surface area (Å²) in [5, 5.41) is 0. The van der Waals surface area contributed by atoms with Crippen LogP contribution >= 0.6 is 0 Å².